The van der Waals surface area contributed by atoms with E-state index < -0.39 is 17.7 Å². The molecule has 0 spiro atoms. The summed E-state index contributed by atoms with van der Waals surface area (Å²) < 4.78 is 42.2. The van der Waals surface area contributed by atoms with Gasteiger partial charge in [-0.1, -0.05) is 29.3 Å². The molecule has 0 aliphatic carbocycles. The van der Waals surface area contributed by atoms with Crippen LogP contribution in [0, 0.1) is 6.92 Å². The van der Waals surface area contributed by atoms with Crippen LogP contribution in [0.1, 0.15) is 27.0 Å². The molecule has 3 rings (SSSR count). The normalized spacial score (nSPS) is 18.5. The molecule has 0 fully saturated rings. The molecule has 1 aliphatic rings. The number of hydrogen-bond donors (Lipinski definition) is 3. The molecule has 1 aliphatic heterocycles. The van der Waals surface area contributed by atoms with Gasteiger partial charge in [0, 0.05) is 21.2 Å². The second kappa shape index (κ2) is 8.07. The lowest BCUT2D eigenvalue weighted by molar-refractivity contribution is -0.269. The van der Waals surface area contributed by atoms with E-state index >= 15 is 0 Å². The predicted octanol–water partition coefficient (Wildman–Crippen LogP) is 4.61. The Balaban J connectivity index is 2.04. The molecule has 1 unspecified atom stereocenters. The number of hydroxylamine groups is 1. The molecule has 2 aromatic carbocycles. The minimum absolute atomic E-state index is 0.0376. The zero-order valence-corrected chi connectivity index (χ0v) is 17.6. The van der Waals surface area contributed by atoms with Crippen molar-refractivity contribution >= 4 is 52.1 Å². The van der Waals surface area contributed by atoms with Crippen LogP contribution < -0.4 is 16.5 Å². The predicted molar refractivity (Wildman–Crippen MR) is 112 cm³/mol. The van der Waals surface area contributed by atoms with Gasteiger partial charge >= 0.3 is 6.18 Å². The van der Waals surface area contributed by atoms with Crippen molar-refractivity contribution in [3.8, 4) is 0 Å². The molecular weight excluding hydrogens is 462 g/mol. The SMILES string of the molecule is Cc1cc(C2=CC(c3cc(Cl)cc(Cl)c3)(C(F)(F)F)ON2)ccc1C(=O)NC(N)=S. The highest BCUT2D eigenvalue weighted by Gasteiger charge is 2.59. The van der Waals surface area contributed by atoms with E-state index in [1.807, 2.05) is 0 Å². The van der Waals surface area contributed by atoms with Gasteiger partial charge in [-0.2, -0.15) is 13.2 Å². The largest absolute Gasteiger partial charge is 0.428 e. The summed E-state index contributed by atoms with van der Waals surface area (Å²) in [5.41, 5.74) is 5.76. The van der Waals surface area contributed by atoms with Crippen molar-refractivity contribution in [2.24, 2.45) is 5.73 Å². The van der Waals surface area contributed by atoms with Gasteiger partial charge in [-0.3, -0.25) is 20.4 Å². The number of amides is 1. The number of alkyl halides is 3. The summed E-state index contributed by atoms with van der Waals surface area (Å²) in [7, 11) is 0. The Bertz CT molecular complexity index is 1060. The summed E-state index contributed by atoms with van der Waals surface area (Å²) in [6, 6.07) is 8.05. The maximum Gasteiger partial charge on any atom is 0.428 e. The molecule has 1 amide bonds. The molecule has 0 bridgehead atoms. The van der Waals surface area contributed by atoms with Crippen LogP contribution in [0.5, 0.6) is 0 Å². The highest BCUT2D eigenvalue weighted by Crippen LogP contribution is 2.48. The molecule has 11 heteroatoms. The smallest absolute Gasteiger partial charge is 0.376 e. The molecule has 158 valence electrons. The van der Waals surface area contributed by atoms with Crippen molar-refractivity contribution in [1.82, 2.24) is 10.8 Å². The van der Waals surface area contributed by atoms with E-state index in [0.717, 1.165) is 18.2 Å². The van der Waals surface area contributed by atoms with Crippen LogP contribution in [0.2, 0.25) is 10.0 Å². The van der Waals surface area contributed by atoms with Crippen molar-refractivity contribution in [2.45, 2.75) is 18.7 Å². The maximum atomic E-state index is 14.1. The fourth-order valence-electron chi connectivity index (χ4n) is 3.02. The second-order valence-corrected chi connectivity index (χ2v) is 7.81. The lowest BCUT2D eigenvalue weighted by Crippen LogP contribution is -2.42. The van der Waals surface area contributed by atoms with Crippen molar-refractivity contribution < 1.29 is 22.8 Å². The Hall–Kier alpha value is -2.33. The van der Waals surface area contributed by atoms with Gasteiger partial charge in [0.15, 0.2) is 5.11 Å². The fourth-order valence-corrected chi connectivity index (χ4v) is 3.64. The van der Waals surface area contributed by atoms with Gasteiger partial charge < -0.3 is 5.73 Å². The van der Waals surface area contributed by atoms with Gasteiger partial charge in [0.2, 0.25) is 5.60 Å². The summed E-state index contributed by atoms with van der Waals surface area (Å²) in [6.45, 7) is 1.63. The third kappa shape index (κ3) is 4.24. The Kier molecular flexibility index (Phi) is 6.01. The Morgan fingerprint density at radius 1 is 1.20 bits per heavy atom. The van der Waals surface area contributed by atoms with Gasteiger partial charge in [-0.15, -0.1) is 0 Å². The average molecular weight is 476 g/mol. The van der Waals surface area contributed by atoms with Crippen molar-refractivity contribution in [1.29, 1.82) is 0 Å². The fraction of sp³-hybridized carbons (Fsp3) is 0.158. The van der Waals surface area contributed by atoms with Gasteiger partial charge in [0.05, 0.1) is 5.70 Å². The lowest BCUT2D eigenvalue weighted by atomic mass is 9.91. The van der Waals surface area contributed by atoms with Crippen LogP contribution in [0.4, 0.5) is 13.2 Å². The molecule has 1 atom stereocenters. The quantitative estimate of drug-likeness (QED) is 0.565. The van der Waals surface area contributed by atoms with E-state index in [2.05, 4.69) is 23.0 Å². The molecule has 30 heavy (non-hydrogen) atoms. The first-order valence-electron chi connectivity index (χ1n) is 8.35. The zero-order chi connectivity index (χ0) is 22.3. The summed E-state index contributed by atoms with van der Waals surface area (Å²) in [4.78, 5) is 17.1. The van der Waals surface area contributed by atoms with Gasteiger partial charge in [-0.05, 0) is 66.7 Å². The molecule has 2 aromatic rings. The Morgan fingerprint density at radius 2 is 1.83 bits per heavy atom. The first-order valence-corrected chi connectivity index (χ1v) is 9.51. The highest BCUT2D eigenvalue weighted by atomic mass is 35.5. The average Bonchev–Trinajstić information content (AvgIpc) is 3.06. The van der Waals surface area contributed by atoms with E-state index in [1.165, 1.54) is 24.3 Å². The topological polar surface area (TPSA) is 76.4 Å². The molecule has 0 radical (unpaired) electrons. The summed E-state index contributed by atoms with van der Waals surface area (Å²) in [5.74, 6) is -0.519. The summed E-state index contributed by atoms with van der Waals surface area (Å²) in [6.07, 6.45) is -3.92. The third-order valence-electron chi connectivity index (χ3n) is 4.40. The first-order chi connectivity index (χ1) is 13.9. The van der Waals surface area contributed by atoms with E-state index in [9.17, 15) is 18.0 Å². The minimum Gasteiger partial charge on any atom is -0.376 e. The molecule has 0 saturated carbocycles. The number of carbonyl (C=O) groups excluding carboxylic acids is 1. The molecule has 4 N–H and O–H groups in total. The van der Waals surface area contributed by atoms with Crippen LogP contribution >= 0.6 is 35.4 Å². The number of thiocarbonyl (C=S) groups is 1. The lowest BCUT2D eigenvalue weighted by Gasteiger charge is -2.28. The van der Waals surface area contributed by atoms with E-state index in [4.69, 9.17) is 33.8 Å². The van der Waals surface area contributed by atoms with Crippen molar-refractivity contribution in [3.63, 3.8) is 0 Å². The second-order valence-electron chi connectivity index (χ2n) is 6.50. The monoisotopic (exact) mass is 475 g/mol. The third-order valence-corrected chi connectivity index (χ3v) is 4.94. The number of rotatable bonds is 3. The van der Waals surface area contributed by atoms with Crippen LogP contribution in [-0.2, 0) is 10.4 Å². The molecule has 5 nitrogen and oxygen atoms in total. The molecule has 1 heterocycles. The highest BCUT2D eigenvalue weighted by molar-refractivity contribution is 7.80. The number of benzene rings is 2. The number of hydrogen-bond acceptors (Lipinski definition) is 4. The van der Waals surface area contributed by atoms with E-state index in [0.29, 0.717) is 11.1 Å². The molecule has 0 saturated heterocycles. The van der Waals surface area contributed by atoms with Crippen molar-refractivity contribution in [3.05, 3.63) is 74.8 Å². The van der Waals surface area contributed by atoms with Gasteiger partial charge in [0.1, 0.15) is 0 Å². The Morgan fingerprint density at radius 3 is 2.37 bits per heavy atom. The van der Waals surface area contributed by atoms with Gasteiger partial charge in [0.25, 0.3) is 5.91 Å². The van der Waals surface area contributed by atoms with Crippen LogP contribution in [0.15, 0.2) is 42.5 Å². The molecule has 0 aromatic heterocycles. The number of carbonyl (C=O) groups is 1. The van der Waals surface area contributed by atoms with Crippen LogP contribution in [-0.4, -0.2) is 17.2 Å². The van der Waals surface area contributed by atoms with Crippen molar-refractivity contribution in [2.75, 3.05) is 0 Å². The maximum absolute atomic E-state index is 14.1. The van der Waals surface area contributed by atoms with Crippen LogP contribution in [0.25, 0.3) is 5.70 Å². The number of nitrogens with one attached hydrogen (secondary N) is 2. The standard InChI is InChI=1S/C19H14Cl2F3N3O2S/c1-9-4-10(2-3-14(9)16(28)26-17(25)30)15-8-18(29-27-15,19(22,23)24)11-5-12(20)7-13(21)6-11/h2-8,27H,1H3,(H3,25,26,28,30). The van der Waals surface area contributed by atoms with Crippen LogP contribution in [0.3, 0.4) is 0 Å². The Labute approximate surface area is 184 Å². The van der Waals surface area contributed by atoms with Gasteiger partial charge in [-0.25, -0.2) is 0 Å². The summed E-state index contributed by atoms with van der Waals surface area (Å²) in [5, 5.41) is 2.18. The number of nitrogens with two attached hydrogens (primary N) is 1. The molecular formula is C19H14Cl2F3N3O2S. The minimum atomic E-state index is -4.82. The number of halogens is 5. The van der Waals surface area contributed by atoms with E-state index in [-0.39, 0.29) is 32.0 Å². The zero-order valence-electron chi connectivity index (χ0n) is 15.2. The first kappa shape index (κ1) is 22.4. The van der Waals surface area contributed by atoms with E-state index in [1.54, 1.807) is 6.92 Å². The number of aryl methyl sites for hydroxylation is 1. The summed E-state index contributed by atoms with van der Waals surface area (Å²) >= 11 is 16.4.